The van der Waals surface area contributed by atoms with Crippen LogP contribution in [-0.4, -0.2) is 26.0 Å². The van der Waals surface area contributed by atoms with Crippen LogP contribution in [-0.2, 0) is 6.42 Å². The van der Waals surface area contributed by atoms with Crippen LogP contribution < -0.4 is 5.32 Å². The smallest absolute Gasteiger partial charge is 0.226 e. The number of hydrogen-bond donors (Lipinski definition) is 2. The van der Waals surface area contributed by atoms with E-state index in [4.69, 9.17) is 11.6 Å². The van der Waals surface area contributed by atoms with Crippen LogP contribution in [0.3, 0.4) is 0 Å². The Kier molecular flexibility index (Phi) is 3.70. The van der Waals surface area contributed by atoms with Crippen molar-refractivity contribution in [2.75, 3.05) is 5.32 Å². The Bertz CT molecular complexity index is 756. The summed E-state index contributed by atoms with van der Waals surface area (Å²) in [6.07, 6.45) is 2.28. The molecule has 0 radical (unpaired) electrons. The molecule has 7 heteroatoms. The first-order valence-corrected chi connectivity index (χ1v) is 6.87. The summed E-state index contributed by atoms with van der Waals surface area (Å²) in [7, 11) is 0. The highest BCUT2D eigenvalue weighted by Crippen LogP contribution is 2.20. The van der Waals surface area contributed by atoms with Gasteiger partial charge in [-0.2, -0.15) is 9.97 Å². The van der Waals surface area contributed by atoms with Gasteiger partial charge < -0.3 is 10.3 Å². The normalized spacial score (nSPS) is 12.5. The molecule has 2 heterocycles. The quantitative estimate of drug-likeness (QED) is 0.727. The summed E-state index contributed by atoms with van der Waals surface area (Å²) in [4.78, 5) is 15.3. The molecule has 1 atom stereocenters. The largest absolute Gasteiger partial charge is 0.365 e. The molecule has 0 aliphatic rings. The predicted molar refractivity (Wildman–Crippen MR) is 79.9 cm³/mol. The molecule has 0 saturated carbocycles. The first-order valence-electron chi connectivity index (χ1n) is 6.49. The summed E-state index contributed by atoms with van der Waals surface area (Å²) in [5.41, 5.74) is 2.27. The minimum absolute atomic E-state index is 0.0907. The van der Waals surface area contributed by atoms with Gasteiger partial charge in [-0.15, -0.1) is 0 Å². The highest BCUT2D eigenvalue weighted by Gasteiger charge is 2.11. The van der Waals surface area contributed by atoms with Gasteiger partial charge in [0.1, 0.15) is 11.3 Å². The zero-order valence-corrected chi connectivity index (χ0v) is 12.0. The Balaban J connectivity index is 1.78. The standard InChI is InChI=1S/C14H13ClFN5/c1-8(6-9-2-4-10(16)5-3-9)19-13-11-12(18-7-17-11)20-14(15)21-13/h2-5,7-8H,6H2,1H3,(H2,17,18,19,20,21). The highest BCUT2D eigenvalue weighted by atomic mass is 35.5. The summed E-state index contributed by atoms with van der Waals surface area (Å²) in [6, 6.07) is 6.54. The van der Waals surface area contributed by atoms with Gasteiger partial charge in [-0.1, -0.05) is 12.1 Å². The van der Waals surface area contributed by atoms with Crippen molar-refractivity contribution in [2.24, 2.45) is 0 Å². The molecule has 3 rings (SSSR count). The Morgan fingerprint density at radius 2 is 2.05 bits per heavy atom. The second kappa shape index (κ2) is 5.65. The van der Waals surface area contributed by atoms with Crippen LogP contribution in [0.1, 0.15) is 12.5 Å². The molecule has 1 unspecified atom stereocenters. The average molecular weight is 306 g/mol. The molecule has 0 bridgehead atoms. The highest BCUT2D eigenvalue weighted by molar-refractivity contribution is 6.28. The summed E-state index contributed by atoms with van der Waals surface area (Å²) < 4.78 is 12.9. The van der Waals surface area contributed by atoms with Crippen LogP contribution in [0.4, 0.5) is 10.2 Å². The third kappa shape index (κ3) is 3.11. The SMILES string of the molecule is CC(Cc1ccc(F)cc1)Nc1nc(Cl)nc2nc[nH]c12. The van der Waals surface area contributed by atoms with E-state index in [-0.39, 0.29) is 17.1 Å². The number of anilines is 1. The van der Waals surface area contributed by atoms with E-state index in [9.17, 15) is 4.39 Å². The first-order chi connectivity index (χ1) is 10.1. The van der Waals surface area contributed by atoms with Crippen molar-refractivity contribution < 1.29 is 4.39 Å². The van der Waals surface area contributed by atoms with E-state index in [0.717, 1.165) is 12.0 Å². The molecular formula is C14H13ClFN5. The summed E-state index contributed by atoms with van der Waals surface area (Å²) in [6.45, 7) is 2.02. The zero-order chi connectivity index (χ0) is 14.8. The molecule has 0 amide bonds. The molecule has 0 spiro atoms. The number of nitrogens with one attached hydrogen (secondary N) is 2. The van der Waals surface area contributed by atoms with Crippen LogP contribution in [0.5, 0.6) is 0 Å². The van der Waals surface area contributed by atoms with Gasteiger partial charge >= 0.3 is 0 Å². The molecule has 21 heavy (non-hydrogen) atoms. The minimum atomic E-state index is -0.235. The summed E-state index contributed by atoms with van der Waals surface area (Å²) >= 11 is 5.88. The van der Waals surface area contributed by atoms with Gasteiger partial charge in [-0.25, -0.2) is 9.37 Å². The number of aromatic nitrogens is 4. The predicted octanol–water partition coefficient (Wildman–Crippen LogP) is 3.19. The lowest BCUT2D eigenvalue weighted by molar-refractivity contribution is 0.626. The van der Waals surface area contributed by atoms with E-state index in [1.165, 1.54) is 12.1 Å². The van der Waals surface area contributed by atoms with Gasteiger partial charge in [0.15, 0.2) is 11.5 Å². The van der Waals surface area contributed by atoms with Gasteiger partial charge in [0.2, 0.25) is 5.28 Å². The lowest BCUT2D eigenvalue weighted by atomic mass is 10.1. The van der Waals surface area contributed by atoms with E-state index in [2.05, 4.69) is 25.3 Å². The zero-order valence-electron chi connectivity index (χ0n) is 11.3. The van der Waals surface area contributed by atoms with Gasteiger partial charge in [-0.3, -0.25) is 0 Å². The number of fused-ring (bicyclic) bond motifs is 1. The molecule has 2 aromatic heterocycles. The molecule has 5 nitrogen and oxygen atoms in total. The van der Waals surface area contributed by atoms with Crippen molar-refractivity contribution in [3.8, 4) is 0 Å². The lowest BCUT2D eigenvalue weighted by Crippen LogP contribution is -2.19. The molecule has 0 aliphatic carbocycles. The third-order valence-corrected chi connectivity index (χ3v) is 3.27. The number of rotatable bonds is 4. The van der Waals surface area contributed by atoms with E-state index >= 15 is 0 Å². The van der Waals surface area contributed by atoms with Crippen LogP contribution in [0.2, 0.25) is 5.28 Å². The number of benzene rings is 1. The number of imidazole rings is 1. The third-order valence-electron chi connectivity index (χ3n) is 3.10. The Hall–Kier alpha value is -2.21. The molecule has 0 fully saturated rings. The molecule has 108 valence electrons. The van der Waals surface area contributed by atoms with Crippen molar-refractivity contribution in [1.82, 2.24) is 19.9 Å². The second-order valence-corrected chi connectivity index (χ2v) is 5.16. The number of aromatic amines is 1. The van der Waals surface area contributed by atoms with Crippen molar-refractivity contribution in [3.05, 3.63) is 47.3 Å². The molecular weight excluding hydrogens is 293 g/mol. The van der Waals surface area contributed by atoms with E-state index in [1.54, 1.807) is 18.5 Å². The van der Waals surface area contributed by atoms with E-state index in [0.29, 0.717) is 17.0 Å². The number of nitrogens with zero attached hydrogens (tertiary/aromatic N) is 3. The van der Waals surface area contributed by atoms with Gasteiger partial charge in [-0.05, 0) is 42.6 Å². The molecule has 2 N–H and O–H groups in total. The van der Waals surface area contributed by atoms with Gasteiger partial charge in [0, 0.05) is 6.04 Å². The maximum Gasteiger partial charge on any atom is 0.226 e. The molecule has 0 saturated heterocycles. The fraction of sp³-hybridized carbons (Fsp3) is 0.214. The minimum Gasteiger partial charge on any atom is -0.365 e. The van der Waals surface area contributed by atoms with E-state index in [1.807, 2.05) is 6.92 Å². The maximum atomic E-state index is 12.9. The lowest BCUT2D eigenvalue weighted by Gasteiger charge is -2.15. The van der Waals surface area contributed by atoms with Gasteiger partial charge in [0.25, 0.3) is 0 Å². The Labute approximate surface area is 125 Å². The van der Waals surface area contributed by atoms with Crippen molar-refractivity contribution in [1.29, 1.82) is 0 Å². The van der Waals surface area contributed by atoms with E-state index < -0.39 is 0 Å². The Morgan fingerprint density at radius 3 is 2.81 bits per heavy atom. The molecule has 3 aromatic rings. The van der Waals surface area contributed by atoms with Gasteiger partial charge in [0.05, 0.1) is 6.33 Å². The second-order valence-electron chi connectivity index (χ2n) is 4.82. The van der Waals surface area contributed by atoms with Crippen molar-refractivity contribution in [3.63, 3.8) is 0 Å². The van der Waals surface area contributed by atoms with Crippen molar-refractivity contribution in [2.45, 2.75) is 19.4 Å². The van der Waals surface area contributed by atoms with Crippen LogP contribution in [0.25, 0.3) is 11.2 Å². The molecule has 0 aliphatic heterocycles. The average Bonchev–Trinajstić information content (AvgIpc) is 2.89. The van der Waals surface area contributed by atoms with Crippen LogP contribution in [0, 0.1) is 5.82 Å². The fourth-order valence-electron chi connectivity index (χ4n) is 2.17. The number of halogens is 2. The monoisotopic (exact) mass is 305 g/mol. The summed E-state index contributed by atoms with van der Waals surface area (Å²) in [5, 5.41) is 3.42. The number of H-pyrrole nitrogens is 1. The topological polar surface area (TPSA) is 66.5 Å². The Morgan fingerprint density at radius 1 is 1.29 bits per heavy atom. The number of hydrogen-bond acceptors (Lipinski definition) is 4. The maximum absolute atomic E-state index is 12.9. The fourth-order valence-corrected chi connectivity index (χ4v) is 2.33. The summed E-state index contributed by atoms with van der Waals surface area (Å²) in [5.74, 6) is 0.373. The van der Waals surface area contributed by atoms with Crippen LogP contribution in [0.15, 0.2) is 30.6 Å². The van der Waals surface area contributed by atoms with Crippen LogP contribution >= 0.6 is 11.6 Å². The molecule has 1 aromatic carbocycles. The first kappa shape index (κ1) is 13.8. The van der Waals surface area contributed by atoms with Crippen molar-refractivity contribution >= 4 is 28.6 Å².